The van der Waals surface area contributed by atoms with Crippen LogP contribution in [-0.2, 0) is 16.1 Å². The van der Waals surface area contributed by atoms with E-state index in [9.17, 15) is 14.4 Å². The van der Waals surface area contributed by atoms with Crippen LogP contribution in [0.1, 0.15) is 48.9 Å². The van der Waals surface area contributed by atoms with Gasteiger partial charge in [-0.3, -0.25) is 14.4 Å². The fraction of sp³-hybridized carbons (Fsp3) is 0.435. The van der Waals surface area contributed by atoms with Gasteiger partial charge in [0.05, 0.1) is 6.54 Å². The zero-order chi connectivity index (χ0) is 22.3. The molecule has 0 aliphatic rings. The molecule has 7 nitrogen and oxygen atoms in total. The molecule has 0 radical (unpaired) electrons. The Balaban J connectivity index is 1.96. The average Bonchev–Trinajstić information content (AvgIpc) is 2.97. The third-order valence-electron chi connectivity index (χ3n) is 5.13. The molecular weight excluding hydrogens is 380 g/mol. The minimum absolute atomic E-state index is 0.0646. The van der Waals surface area contributed by atoms with Crippen molar-refractivity contribution in [3.8, 4) is 0 Å². The summed E-state index contributed by atoms with van der Waals surface area (Å²) in [4.78, 5) is 37.3. The lowest BCUT2D eigenvalue weighted by molar-refractivity contribution is -0.881. The van der Waals surface area contributed by atoms with Gasteiger partial charge in [-0.15, -0.1) is 0 Å². The molecule has 0 aliphatic carbocycles. The molecule has 1 unspecified atom stereocenters. The highest BCUT2D eigenvalue weighted by molar-refractivity contribution is 5.98. The summed E-state index contributed by atoms with van der Waals surface area (Å²) in [5.41, 5.74) is 4.17. The number of likely N-dealkylation sites (N-methyl/N-ethyl adjacent to an activating group) is 1. The van der Waals surface area contributed by atoms with Gasteiger partial charge in [-0.25, -0.2) is 0 Å². The van der Waals surface area contributed by atoms with Crippen molar-refractivity contribution in [3.63, 3.8) is 0 Å². The summed E-state index contributed by atoms with van der Waals surface area (Å²) in [5.74, 6) is -0.229. The Labute approximate surface area is 178 Å². The SMILES string of the molecule is CCCn1c(C)cc(C(=O)C[NH+](CC)CC(=O)Nc2ccc(NC(C)=O)cc2)c1C. The highest BCUT2D eigenvalue weighted by Crippen LogP contribution is 2.16. The van der Waals surface area contributed by atoms with Crippen LogP contribution >= 0.6 is 0 Å². The van der Waals surface area contributed by atoms with E-state index in [-0.39, 0.29) is 30.7 Å². The standard InChI is InChI=1S/C23H32N4O3/c1-6-12-27-16(3)13-21(17(27)4)22(29)14-26(7-2)15-23(30)25-20-10-8-19(9-11-20)24-18(5)28/h8-11,13H,6-7,12,14-15H2,1-5H3,(H,24,28)(H,25,30)/p+1. The number of nitrogens with one attached hydrogen (secondary N) is 3. The number of Topliss-reactive ketones (excluding diaryl/α,β-unsaturated/α-hetero) is 1. The van der Waals surface area contributed by atoms with Gasteiger partial charge in [0.1, 0.15) is 6.54 Å². The Hall–Kier alpha value is -2.93. The summed E-state index contributed by atoms with van der Waals surface area (Å²) < 4.78 is 2.18. The Morgan fingerprint density at radius 2 is 1.57 bits per heavy atom. The van der Waals surface area contributed by atoms with Crippen molar-refractivity contribution in [2.24, 2.45) is 0 Å². The largest absolute Gasteiger partial charge is 0.348 e. The minimum atomic E-state index is -0.150. The van der Waals surface area contributed by atoms with Gasteiger partial charge in [0, 0.05) is 41.8 Å². The van der Waals surface area contributed by atoms with Crippen molar-refractivity contribution in [1.29, 1.82) is 0 Å². The number of nitrogens with zero attached hydrogens (tertiary/aromatic N) is 1. The second kappa shape index (κ2) is 10.7. The van der Waals surface area contributed by atoms with E-state index in [1.807, 2.05) is 26.8 Å². The fourth-order valence-electron chi connectivity index (χ4n) is 3.56. The molecule has 0 fully saturated rings. The lowest BCUT2D eigenvalue weighted by Crippen LogP contribution is -3.13. The summed E-state index contributed by atoms with van der Waals surface area (Å²) in [7, 11) is 0. The van der Waals surface area contributed by atoms with Crippen LogP contribution in [0.25, 0.3) is 0 Å². The highest BCUT2D eigenvalue weighted by atomic mass is 16.2. The normalized spacial score (nSPS) is 11.8. The van der Waals surface area contributed by atoms with E-state index in [0.717, 1.165) is 34.8 Å². The number of hydrogen-bond donors (Lipinski definition) is 3. The number of benzene rings is 1. The van der Waals surface area contributed by atoms with Crippen LogP contribution in [0.5, 0.6) is 0 Å². The van der Waals surface area contributed by atoms with Gasteiger partial charge in [-0.1, -0.05) is 6.92 Å². The van der Waals surface area contributed by atoms with Gasteiger partial charge in [0.25, 0.3) is 5.91 Å². The van der Waals surface area contributed by atoms with Crippen LogP contribution in [0, 0.1) is 13.8 Å². The molecule has 0 saturated heterocycles. The number of rotatable bonds is 10. The summed E-state index contributed by atoms with van der Waals surface area (Å²) >= 11 is 0. The van der Waals surface area contributed by atoms with E-state index in [1.165, 1.54) is 6.92 Å². The number of quaternary nitrogens is 1. The number of carbonyl (C=O) groups excluding carboxylic acids is 3. The molecular formula is C23H33N4O3+. The maximum absolute atomic E-state index is 12.9. The van der Waals surface area contributed by atoms with E-state index < -0.39 is 0 Å². The quantitative estimate of drug-likeness (QED) is 0.522. The molecule has 1 atom stereocenters. The predicted molar refractivity (Wildman–Crippen MR) is 119 cm³/mol. The highest BCUT2D eigenvalue weighted by Gasteiger charge is 2.21. The van der Waals surface area contributed by atoms with Crippen molar-refractivity contribution in [2.75, 3.05) is 30.3 Å². The minimum Gasteiger partial charge on any atom is -0.348 e. The van der Waals surface area contributed by atoms with E-state index in [4.69, 9.17) is 0 Å². The summed E-state index contributed by atoms with van der Waals surface area (Å²) in [6.07, 6.45) is 1.02. The van der Waals surface area contributed by atoms with Crippen LogP contribution in [0.15, 0.2) is 30.3 Å². The zero-order valence-electron chi connectivity index (χ0n) is 18.6. The number of carbonyl (C=O) groups is 3. The molecule has 2 aromatic rings. The first-order valence-electron chi connectivity index (χ1n) is 10.5. The average molecular weight is 414 g/mol. The first-order valence-corrected chi connectivity index (χ1v) is 10.5. The van der Waals surface area contributed by atoms with E-state index in [2.05, 4.69) is 22.1 Å². The second-order valence-electron chi connectivity index (χ2n) is 7.62. The Morgan fingerprint density at radius 1 is 0.967 bits per heavy atom. The van der Waals surface area contributed by atoms with Crippen molar-refractivity contribution in [1.82, 2.24) is 4.57 Å². The zero-order valence-corrected chi connectivity index (χ0v) is 18.6. The molecule has 0 saturated carbocycles. The fourth-order valence-corrected chi connectivity index (χ4v) is 3.56. The van der Waals surface area contributed by atoms with Gasteiger partial charge in [0.15, 0.2) is 6.54 Å². The third-order valence-corrected chi connectivity index (χ3v) is 5.13. The van der Waals surface area contributed by atoms with Gasteiger partial charge in [-0.05, 0) is 57.5 Å². The van der Waals surface area contributed by atoms with Crippen LogP contribution in [-0.4, -0.2) is 41.8 Å². The number of amides is 2. The molecule has 0 spiro atoms. The van der Waals surface area contributed by atoms with Gasteiger partial charge >= 0.3 is 0 Å². The lowest BCUT2D eigenvalue weighted by Gasteiger charge is -2.17. The smallest absolute Gasteiger partial charge is 0.279 e. The first-order chi connectivity index (χ1) is 14.2. The Kier molecular flexibility index (Phi) is 8.35. The number of hydrogen-bond acceptors (Lipinski definition) is 3. The molecule has 30 heavy (non-hydrogen) atoms. The third kappa shape index (κ3) is 6.29. The molecule has 2 amide bonds. The summed E-state index contributed by atoms with van der Waals surface area (Å²) in [5, 5.41) is 5.54. The van der Waals surface area contributed by atoms with Gasteiger partial charge in [0.2, 0.25) is 11.7 Å². The number of aromatic nitrogens is 1. The van der Waals surface area contributed by atoms with Crippen LogP contribution < -0.4 is 15.5 Å². The maximum atomic E-state index is 12.9. The van der Waals surface area contributed by atoms with Crippen molar-refractivity contribution in [2.45, 2.75) is 47.6 Å². The molecule has 1 aromatic heterocycles. The molecule has 162 valence electrons. The van der Waals surface area contributed by atoms with Crippen LogP contribution in [0.2, 0.25) is 0 Å². The van der Waals surface area contributed by atoms with Crippen LogP contribution in [0.4, 0.5) is 11.4 Å². The van der Waals surface area contributed by atoms with E-state index in [1.54, 1.807) is 24.3 Å². The Bertz CT molecular complexity index is 900. The second-order valence-corrected chi connectivity index (χ2v) is 7.62. The Morgan fingerprint density at radius 3 is 2.10 bits per heavy atom. The predicted octanol–water partition coefficient (Wildman–Crippen LogP) is 2.20. The maximum Gasteiger partial charge on any atom is 0.279 e. The molecule has 3 N–H and O–H groups in total. The van der Waals surface area contributed by atoms with E-state index >= 15 is 0 Å². The molecule has 1 heterocycles. The van der Waals surface area contributed by atoms with Gasteiger partial charge < -0.3 is 20.1 Å². The first kappa shape index (κ1) is 23.3. The molecule has 2 rings (SSSR count). The number of ketones is 1. The van der Waals surface area contributed by atoms with E-state index in [0.29, 0.717) is 17.9 Å². The molecule has 7 heteroatoms. The van der Waals surface area contributed by atoms with Gasteiger partial charge in [-0.2, -0.15) is 0 Å². The van der Waals surface area contributed by atoms with Crippen LogP contribution in [0.3, 0.4) is 0 Å². The van der Waals surface area contributed by atoms with Crippen molar-refractivity contribution in [3.05, 3.63) is 47.3 Å². The summed E-state index contributed by atoms with van der Waals surface area (Å²) in [6.45, 7) is 11.6. The molecule has 0 bridgehead atoms. The van der Waals surface area contributed by atoms with Crippen molar-refractivity contribution >= 4 is 29.0 Å². The topological polar surface area (TPSA) is 84.6 Å². The molecule has 1 aromatic carbocycles. The van der Waals surface area contributed by atoms with Crippen molar-refractivity contribution < 1.29 is 19.3 Å². The summed E-state index contributed by atoms with van der Waals surface area (Å²) in [6, 6.07) is 8.90. The monoisotopic (exact) mass is 413 g/mol. The lowest BCUT2D eigenvalue weighted by atomic mass is 10.1. The molecule has 0 aliphatic heterocycles. The number of aryl methyl sites for hydroxylation is 1. The number of anilines is 2.